The lowest BCUT2D eigenvalue weighted by molar-refractivity contribution is -0.188. The average molecular weight is 462 g/mol. The summed E-state index contributed by atoms with van der Waals surface area (Å²) >= 11 is 0. The Morgan fingerprint density at radius 2 is 1.75 bits per heavy atom. The van der Waals surface area contributed by atoms with Crippen LogP contribution in [0.25, 0.3) is 0 Å². The second-order valence-electron chi connectivity index (χ2n) is 8.98. The monoisotopic (exact) mass is 462 g/mol. The number of ether oxygens (including phenoxy) is 2. The third-order valence-corrected chi connectivity index (χ3v) is 4.96. The lowest BCUT2D eigenvalue weighted by Crippen LogP contribution is -2.40. The highest BCUT2D eigenvalue weighted by Gasteiger charge is 2.31. The molecule has 180 valence electrons. The Balaban J connectivity index is 1.87. The van der Waals surface area contributed by atoms with E-state index >= 15 is 0 Å². The van der Waals surface area contributed by atoms with Crippen molar-refractivity contribution in [2.24, 2.45) is 0 Å². The van der Waals surface area contributed by atoms with Gasteiger partial charge in [-0.1, -0.05) is 6.07 Å². The summed E-state index contributed by atoms with van der Waals surface area (Å²) < 4.78 is 61.3. The summed E-state index contributed by atoms with van der Waals surface area (Å²) in [6.45, 7) is 5.57. The SMILES string of the molecule is CC(NC(=O)OC(C)(C)C)c1ccc(C(=O)NC2CCC(OCC(F)(F)F)CC2)c(F)c1. The maximum atomic E-state index is 14.6. The number of alkyl halides is 3. The summed E-state index contributed by atoms with van der Waals surface area (Å²) in [5, 5.41) is 5.34. The maximum Gasteiger partial charge on any atom is 0.411 e. The van der Waals surface area contributed by atoms with Crippen LogP contribution in [0.4, 0.5) is 22.4 Å². The summed E-state index contributed by atoms with van der Waals surface area (Å²) in [7, 11) is 0. The molecule has 0 spiro atoms. The average Bonchev–Trinajstić information content (AvgIpc) is 2.65. The molecule has 1 aliphatic rings. The van der Waals surface area contributed by atoms with Crippen molar-refractivity contribution in [2.45, 2.75) is 83.3 Å². The second-order valence-corrected chi connectivity index (χ2v) is 8.98. The van der Waals surface area contributed by atoms with E-state index in [2.05, 4.69) is 10.6 Å². The van der Waals surface area contributed by atoms with E-state index in [1.54, 1.807) is 33.8 Å². The van der Waals surface area contributed by atoms with Crippen LogP contribution in [0.3, 0.4) is 0 Å². The molecule has 1 aromatic rings. The Morgan fingerprint density at radius 1 is 1.12 bits per heavy atom. The van der Waals surface area contributed by atoms with Crippen molar-refractivity contribution in [3.63, 3.8) is 0 Å². The number of hydrogen-bond donors (Lipinski definition) is 2. The Morgan fingerprint density at radius 3 is 2.28 bits per heavy atom. The highest BCUT2D eigenvalue weighted by Crippen LogP contribution is 2.25. The van der Waals surface area contributed by atoms with Crippen molar-refractivity contribution in [1.82, 2.24) is 10.6 Å². The lowest BCUT2D eigenvalue weighted by atomic mass is 9.92. The van der Waals surface area contributed by atoms with E-state index in [1.807, 2.05) is 0 Å². The Bertz CT molecular complexity index is 800. The number of hydrogen-bond acceptors (Lipinski definition) is 4. The van der Waals surface area contributed by atoms with Gasteiger partial charge in [0.15, 0.2) is 0 Å². The van der Waals surface area contributed by atoms with Gasteiger partial charge in [0.1, 0.15) is 18.0 Å². The van der Waals surface area contributed by atoms with Crippen LogP contribution in [0.5, 0.6) is 0 Å². The number of halogens is 4. The van der Waals surface area contributed by atoms with Gasteiger partial charge in [-0.05, 0) is 71.1 Å². The zero-order valence-electron chi connectivity index (χ0n) is 18.6. The molecule has 6 nitrogen and oxygen atoms in total. The molecule has 2 amide bonds. The van der Waals surface area contributed by atoms with Crippen LogP contribution in [0.2, 0.25) is 0 Å². The van der Waals surface area contributed by atoms with E-state index in [0.29, 0.717) is 31.2 Å². The number of nitrogens with one attached hydrogen (secondary N) is 2. The van der Waals surface area contributed by atoms with Gasteiger partial charge < -0.3 is 20.1 Å². The molecule has 0 saturated heterocycles. The number of benzene rings is 1. The van der Waals surface area contributed by atoms with Gasteiger partial charge in [0, 0.05) is 6.04 Å². The van der Waals surface area contributed by atoms with Crippen LogP contribution < -0.4 is 10.6 Å². The fraction of sp³-hybridized carbons (Fsp3) is 0.636. The molecule has 2 rings (SSSR count). The normalized spacial score (nSPS) is 20.4. The quantitative estimate of drug-likeness (QED) is 0.582. The molecule has 10 heteroatoms. The third kappa shape index (κ3) is 8.64. The van der Waals surface area contributed by atoms with Gasteiger partial charge in [-0.25, -0.2) is 9.18 Å². The van der Waals surface area contributed by atoms with E-state index < -0.39 is 48.3 Å². The molecule has 1 fully saturated rings. The minimum Gasteiger partial charge on any atom is -0.444 e. The van der Waals surface area contributed by atoms with Crippen LogP contribution >= 0.6 is 0 Å². The van der Waals surface area contributed by atoms with E-state index in [-0.39, 0.29) is 11.6 Å². The Hall–Kier alpha value is -2.36. The van der Waals surface area contributed by atoms with Gasteiger partial charge in [0.05, 0.1) is 17.7 Å². The molecule has 32 heavy (non-hydrogen) atoms. The van der Waals surface area contributed by atoms with E-state index in [4.69, 9.17) is 9.47 Å². The van der Waals surface area contributed by atoms with Gasteiger partial charge in [-0.2, -0.15) is 13.2 Å². The number of carbonyl (C=O) groups is 2. The van der Waals surface area contributed by atoms with Gasteiger partial charge in [-0.3, -0.25) is 4.79 Å². The van der Waals surface area contributed by atoms with Crippen molar-refractivity contribution in [2.75, 3.05) is 6.61 Å². The Labute approximate surface area is 185 Å². The molecule has 0 aliphatic heterocycles. The molecule has 0 radical (unpaired) electrons. The molecule has 0 heterocycles. The van der Waals surface area contributed by atoms with Crippen LogP contribution in [0, 0.1) is 5.82 Å². The summed E-state index contributed by atoms with van der Waals surface area (Å²) in [6.07, 6.45) is -3.83. The van der Waals surface area contributed by atoms with Crippen LogP contribution in [-0.4, -0.2) is 42.5 Å². The standard InChI is InChI=1S/C22H30F4N2O4/c1-13(27-20(30)32-21(2,3)4)14-5-10-17(18(23)11-14)19(29)28-15-6-8-16(9-7-15)31-12-22(24,25)26/h5,10-11,13,15-16H,6-9,12H2,1-4H3,(H,27,30)(H,28,29). The summed E-state index contributed by atoms with van der Waals surface area (Å²) in [5.41, 5.74) is -0.346. The fourth-order valence-electron chi connectivity index (χ4n) is 3.40. The summed E-state index contributed by atoms with van der Waals surface area (Å²) in [4.78, 5) is 24.3. The molecule has 1 unspecified atom stereocenters. The second kappa shape index (κ2) is 10.5. The third-order valence-electron chi connectivity index (χ3n) is 4.96. The predicted octanol–water partition coefficient (Wildman–Crippen LogP) is 5.03. The van der Waals surface area contributed by atoms with Gasteiger partial charge in [0.25, 0.3) is 5.91 Å². The molecular formula is C22H30F4N2O4. The van der Waals surface area contributed by atoms with Gasteiger partial charge >= 0.3 is 12.3 Å². The largest absolute Gasteiger partial charge is 0.444 e. The summed E-state index contributed by atoms with van der Waals surface area (Å²) in [6, 6.07) is 3.26. The smallest absolute Gasteiger partial charge is 0.411 e. The maximum absolute atomic E-state index is 14.6. The van der Waals surface area contributed by atoms with E-state index in [0.717, 1.165) is 0 Å². The van der Waals surface area contributed by atoms with Crippen molar-refractivity contribution < 1.29 is 36.6 Å². The Kier molecular flexibility index (Phi) is 8.50. The molecule has 1 aromatic carbocycles. The molecule has 0 aromatic heterocycles. The minimum atomic E-state index is -4.37. The minimum absolute atomic E-state index is 0.145. The van der Waals surface area contributed by atoms with Gasteiger partial charge in [0.2, 0.25) is 0 Å². The predicted molar refractivity (Wildman–Crippen MR) is 110 cm³/mol. The molecule has 1 aliphatic carbocycles. The first-order chi connectivity index (χ1) is 14.7. The lowest BCUT2D eigenvalue weighted by Gasteiger charge is -2.29. The number of alkyl carbamates (subject to hydrolysis) is 1. The molecule has 1 atom stereocenters. The molecule has 1 saturated carbocycles. The first kappa shape index (κ1) is 25.9. The first-order valence-electron chi connectivity index (χ1n) is 10.5. The van der Waals surface area contributed by atoms with Crippen LogP contribution in [0.15, 0.2) is 18.2 Å². The molecular weight excluding hydrogens is 432 g/mol. The number of rotatable bonds is 6. The van der Waals surface area contributed by atoms with E-state index in [9.17, 15) is 27.2 Å². The number of carbonyl (C=O) groups excluding carboxylic acids is 2. The highest BCUT2D eigenvalue weighted by molar-refractivity contribution is 5.94. The fourth-order valence-corrected chi connectivity index (χ4v) is 3.40. The molecule has 2 N–H and O–H groups in total. The van der Waals surface area contributed by atoms with Crippen molar-refractivity contribution >= 4 is 12.0 Å². The molecule has 0 bridgehead atoms. The van der Waals surface area contributed by atoms with Crippen molar-refractivity contribution in [3.05, 3.63) is 35.1 Å². The van der Waals surface area contributed by atoms with Gasteiger partial charge in [-0.15, -0.1) is 0 Å². The summed E-state index contributed by atoms with van der Waals surface area (Å²) in [5.74, 6) is -1.33. The highest BCUT2D eigenvalue weighted by atomic mass is 19.4. The van der Waals surface area contributed by atoms with Crippen LogP contribution in [0.1, 0.15) is 75.3 Å². The van der Waals surface area contributed by atoms with Crippen LogP contribution in [-0.2, 0) is 9.47 Å². The first-order valence-corrected chi connectivity index (χ1v) is 10.5. The topological polar surface area (TPSA) is 76.7 Å². The van der Waals surface area contributed by atoms with Crippen molar-refractivity contribution in [1.29, 1.82) is 0 Å². The zero-order chi connectivity index (χ0) is 24.1. The van der Waals surface area contributed by atoms with Crippen molar-refractivity contribution in [3.8, 4) is 0 Å². The number of amides is 2. The van der Waals surface area contributed by atoms with E-state index in [1.165, 1.54) is 12.1 Å². The zero-order valence-corrected chi connectivity index (χ0v) is 18.6.